The van der Waals surface area contributed by atoms with Crippen LogP contribution in [0.15, 0.2) is 275 Å². The van der Waals surface area contributed by atoms with Crippen molar-refractivity contribution in [1.82, 2.24) is 48.3 Å². The van der Waals surface area contributed by atoms with E-state index in [9.17, 15) is 0 Å². The van der Waals surface area contributed by atoms with Crippen LogP contribution in [0.3, 0.4) is 0 Å². The van der Waals surface area contributed by atoms with Crippen LogP contribution >= 0.6 is 22.2 Å². The van der Waals surface area contributed by atoms with Crippen molar-refractivity contribution in [3.8, 4) is 92.0 Å². The fourth-order valence-corrected chi connectivity index (χ4v) is 15.4. The Labute approximate surface area is 568 Å². The third-order valence-electron chi connectivity index (χ3n) is 15.8. The van der Waals surface area contributed by atoms with Gasteiger partial charge in [0.15, 0.2) is 69.3 Å². The van der Waals surface area contributed by atoms with Gasteiger partial charge in [0.25, 0.3) is 0 Å². The molecule has 24 nitrogen and oxygen atoms in total. The van der Waals surface area contributed by atoms with Crippen molar-refractivity contribution in [3.63, 3.8) is 0 Å². The summed E-state index contributed by atoms with van der Waals surface area (Å²) in [6.07, 6.45) is 25.9. The first-order valence-electron chi connectivity index (χ1n) is 30.4. The number of aliphatic imine (C=N–C) groups is 4. The molecule has 0 amide bonds. The van der Waals surface area contributed by atoms with Crippen molar-refractivity contribution in [2.45, 2.75) is 0 Å². The van der Waals surface area contributed by atoms with E-state index in [0.717, 1.165) is 0 Å². The van der Waals surface area contributed by atoms with Gasteiger partial charge in [0, 0.05) is 93.4 Å². The second-order valence-electron chi connectivity index (χ2n) is 22.1. The van der Waals surface area contributed by atoms with Crippen LogP contribution in [0.4, 0.5) is 11.6 Å². The van der Waals surface area contributed by atoms with Gasteiger partial charge in [-0.05, 0) is 146 Å². The topological polar surface area (TPSA) is 261 Å². The Hall–Kier alpha value is -13.4. The molecule has 0 N–H and O–H groups in total. The number of amidine groups is 4. The minimum Gasteiger partial charge on any atom is -0.452 e. The van der Waals surface area contributed by atoms with Gasteiger partial charge in [0.1, 0.15) is 68.6 Å². The zero-order valence-electron chi connectivity index (χ0n) is 50.8. The predicted molar refractivity (Wildman–Crippen MR) is 367 cm³/mol. The number of fused-ring (bicyclic) bond motifs is 14. The lowest BCUT2D eigenvalue weighted by Gasteiger charge is -2.24. The molecule has 0 unspecified atom stereocenters. The van der Waals surface area contributed by atoms with Crippen molar-refractivity contribution in [3.05, 3.63) is 278 Å². The van der Waals surface area contributed by atoms with Crippen LogP contribution in [0.5, 0.6) is 92.0 Å². The van der Waals surface area contributed by atoms with Gasteiger partial charge in [-0.1, -0.05) is 22.2 Å². The van der Waals surface area contributed by atoms with Crippen molar-refractivity contribution >= 4 is 85.7 Å². The maximum absolute atomic E-state index is 8.65. The maximum atomic E-state index is 8.65. The molecule has 99 heavy (non-hydrogen) atoms. The second kappa shape index (κ2) is 24.1. The summed E-state index contributed by atoms with van der Waals surface area (Å²) >= 11 is 17.3. The number of halogens is 2. The largest absolute Gasteiger partial charge is 0.483 e. The predicted octanol–water partition coefficient (Wildman–Crippen LogP) is 15.3. The average Bonchev–Trinajstić information content (AvgIpc) is 1.54. The molecule has 474 valence electrons. The average molecular weight is 1360 g/mol. The molecule has 14 aromatic rings. The van der Waals surface area contributed by atoms with Crippen LogP contribution < -0.4 is 48.9 Å². The Balaban J connectivity index is 0.991. The van der Waals surface area contributed by atoms with E-state index in [1.54, 1.807) is 253 Å². The zero-order valence-corrected chi connectivity index (χ0v) is 53.3. The lowest BCUT2D eigenvalue weighted by molar-refractivity contribution is 0.417. The van der Waals surface area contributed by atoms with Crippen LogP contribution in [0.25, 0.3) is 21.5 Å². The first-order chi connectivity index (χ1) is 48.7. The highest BCUT2D eigenvalue weighted by atomic mass is 35.7. The monoisotopic (exact) mass is 1350 g/mol. The number of pyridine rings is 8. The van der Waals surface area contributed by atoms with Crippen molar-refractivity contribution in [1.29, 1.82) is 0 Å². The van der Waals surface area contributed by atoms with Crippen LogP contribution in [-0.4, -0.2) is 78.7 Å². The van der Waals surface area contributed by atoms with Crippen LogP contribution in [0, 0.1) is 0 Å². The van der Waals surface area contributed by atoms with Gasteiger partial charge in [-0.2, -0.15) is 0 Å². The number of aromatic nitrogens is 10. The molecular formula is C72H40Cl2N16O8Si. The van der Waals surface area contributed by atoms with E-state index in [0.29, 0.717) is 89.8 Å². The normalized spacial score (nSPS) is 13.4. The van der Waals surface area contributed by atoms with E-state index < -0.39 is 7.02 Å². The third-order valence-corrected chi connectivity index (χ3v) is 19.8. The van der Waals surface area contributed by atoms with E-state index in [1.165, 1.54) is 0 Å². The lowest BCUT2D eigenvalue weighted by Crippen LogP contribution is -2.51. The summed E-state index contributed by atoms with van der Waals surface area (Å²) in [4.78, 5) is 68.0. The van der Waals surface area contributed by atoms with E-state index >= 15 is 0 Å². The first-order valence-corrected chi connectivity index (χ1v) is 34.3. The van der Waals surface area contributed by atoms with Crippen molar-refractivity contribution < 1.29 is 37.9 Å². The van der Waals surface area contributed by atoms with E-state index in [2.05, 4.69) is 39.9 Å². The molecular weight excluding hydrogens is 1320 g/mol. The molecule has 10 aromatic heterocycles. The molecule has 4 aromatic carbocycles. The second-order valence-corrected chi connectivity index (χ2v) is 27.8. The highest BCUT2D eigenvalue weighted by Gasteiger charge is 2.46. The third kappa shape index (κ3) is 10.9. The molecule has 0 radical (unpaired) electrons. The molecule has 18 rings (SSSR count). The minimum atomic E-state index is -4.80. The standard InChI is InChI=1S/C72H40Cl2N16O8Si/c73-99(74)89-69-53-29-61(95-45-13-5-21-79-37-45)62(96-46-14-6-22-80-38-46)30-54(53)71(89)87-67-51-27-59(93-43-11-3-19-77-35-43)60(94-44-12-4-20-78-36-44)28-52(51)68(84-67)88-72-56-32-64(98-48-16-8-24-82-40-48)63(97-47-15-7-23-81-39-47)31-55(56)70(90(72)99)86-66-50-26-58(92-42-10-2-18-76-34-42)57(25-49(50)65(83-66)85-69)91-41-9-1-17-75-33-41/h1-40H. The number of ether oxygens (including phenoxy) is 8. The summed E-state index contributed by atoms with van der Waals surface area (Å²) in [5, 5.41) is 1.67. The summed E-state index contributed by atoms with van der Waals surface area (Å²) < 4.78 is 57.2. The Bertz CT molecular complexity index is 5490. The van der Waals surface area contributed by atoms with Gasteiger partial charge in [0.05, 0.1) is 49.6 Å². The molecule has 4 aliphatic rings. The highest BCUT2D eigenvalue weighted by Crippen LogP contribution is 2.51. The van der Waals surface area contributed by atoms with E-state index in [-0.39, 0.29) is 91.9 Å². The number of benzene rings is 4. The molecule has 0 spiro atoms. The Morgan fingerprint density at radius 1 is 0.253 bits per heavy atom. The summed E-state index contributed by atoms with van der Waals surface area (Å²) in [5.74, 6) is 6.21. The first kappa shape index (κ1) is 58.2. The maximum Gasteiger partial charge on any atom is 0.483 e. The summed E-state index contributed by atoms with van der Waals surface area (Å²) in [6.45, 7) is 0. The quantitative estimate of drug-likeness (QED) is 0.0643. The van der Waals surface area contributed by atoms with Gasteiger partial charge in [-0.3, -0.25) is 48.3 Å². The number of hydrogen-bond donors (Lipinski definition) is 0. The highest BCUT2D eigenvalue weighted by molar-refractivity contribution is 7.44. The molecule has 0 atom stereocenters. The molecule has 27 heteroatoms. The molecule has 0 fully saturated rings. The van der Waals surface area contributed by atoms with Crippen LogP contribution in [0.2, 0.25) is 0 Å². The SMILES string of the molecule is Cl[Si]1(Cl)n2c3c4cc(Oc5cccnc5)c(Oc5cccnc5)cc4c2N=C2N=C(N=c4c5cc(Oc6cccnc6)c(Oc6cccnc6)cc5c(n41)=NC1=NC(=N3)c3cc(Oc4cccnc4)c(Oc4cccnc4)cc31)c1cc(Oc3cccnc3)c(Oc3cccnc3)cc12. The fourth-order valence-electron chi connectivity index (χ4n) is 11.5. The molecule has 0 saturated heterocycles. The Morgan fingerprint density at radius 2 is 0.475 bits per heavy atom. The molecule has 6 bridgehead atoms. The molecule has 4 aliphatic heterocycles. The van der Waals surface area contributed by atoms with E-state index in [4.69, 9.17) is 90.0 Å². The molecule has 0 aliphatic carbocycles. The van der Waals surface area contributed by atoms with Gasteiger partial charge in [-0.25, -0.2) is 30.0 Å². The van der Waals surface area contributed by atoms with Gasteiger partial charge >= 0.3 is 7.02 Å². The zero-order chi connectivity index (χ0) is 66.0. The summed E-state index contributed by atoms with van der Waals surface area (Å²) in [7, 11) is -4.80. The Morgan fingerprint density at radius 3 is 0.707 bits per heavy atom. The number of hydrogen-bond acceptors (Lipinski definition) is 22. The smallest absolute Gasteiger partial charge is 0.452 e. The number of nitrogens with zero attached hydrogens (tertiary/aromatic N) is 16. The molecule has 14 heterocycles. The molecule has 0 saturated carbocycles. The number of rotatable bonds is 16. The van der Waals surface area contributed by atoms with Gasteiger partial charge in [0.2, 0.25) is 0 Å². The lowest BCUT2D eigenvalue weighted by atomic mass is 10.1. The summed E-state index contributed by atoms with van der Waals surface area (Å²) in [6, 6.07) is 42.6. The van der Waals surface area contributed by atoms with Crippen LogP contribution in [-0.2, 0) is 0 Å². The van der Waals surface area contributed by atoms with Gasteiger partial charge in [-0.15, -0.1) is 0 Å². The van der Waals surface area contributed by atoms with Crippen LogP contribution in [0.1, 0.15) is 22.3 Å². The van der Waals surface area contributed by atoms with Gasteiger partial charge < -0.3 is 37.9 Å². The Kier molecular flexibility index (Phi) is 14.2. The fraction of sp³-hybridized carbons (Fsp3) is 0. The summed E-state index contributed by atoms with van der Waals surface area (Å²) in [5.41, 5.74) is 2.21. The minimum absolute atomic E-state index is 0.162. The van der Waals surface area contributed by atoms with E-state index in [1.807, 2.05) is 0 Å². The van der Waals surface area contributed by atoms with Crippen molar-refractivity contribution in [2.75, 3.05) is 0 Å². The van der Waals surface area contributed by atoms with Crippen molar-refractivity contribution in [2.24, 2.45) is 30.0 Å².